The van der Waals surface area contributed by atoms with Crippen molar-refractivity contribution < 1.29 is 4.79 Å². The molecule has 2 fully saturated rings. The Morgan fingerprint density at radius 1 is 1.09 bits per heavy atom. The molecule has 1 aromatic carbocycles. The minimum Gasteiger partial charge on any atom is -0.339 e. The Hall–Kier alpha value is -1.35. The first kappa shape index (κ1) is 16.5. The molecule has 23 heavy (non-hydrogen) atoms. The predicted molar refractivity (Wildman–Crippen MR) is 94.5 cm³/mol. The molecule has 0 spiro atoms. The van der Waals surface area contributed by atoms with Crippen molar-refractivity contribution in [1.29, 1.82) is 0 Å². The largest absolute Gasteiger partial charge is 0.339 e. The Morgan fingerprint density at radius 2 is 1.70 bits per heavy atom. The molecule has 1 heterocycles. The van der Waals surface area contributed by atoms with E-state index in [0.717, 1.165) is 50.0 Å². The fraction of sp³-hybridized carbons (Fsp3) is 0.650. The molecule has 1 saturated carbocycles. The summed E-state index contributed by atoms with van der Waals surface area (Å²) in [7, 11) is 2.24. The van der Waals surface area contributed by atoms with Gasteiger partial charge >= 0.3 is 0 Å². The lowest BCUT2D eigenvalue weighted by molar-refractivity contribution is 0.0793. The lowest BCUT2D eigenvalue weighted by Gasteiger charge is -2.33. The number of hydrogen-bond acceptors (Lipinski definition) is 2. The van der Waals surface area contributed by atoms with Crippen LogP contribution < -0.4 is 0 Å². The second-order valence-electron chi connectivity index (χ2n) is 7.53. The molecular weight excluding hydrogens is 284 g/mol. The maximum atomic E-state index is 12.4. The number of carbonyl (C=O) groups excluding carboxylic acids is 1. The number of benzene rings is 1. The molecule has 1 saturated heterocycles. The number of rotatable bonds is 4. The summed E-state index contributed by atoms with van der Waals surface area (Å²) >= 11 is 0. The second kappa shape index (κ2) is 7.48. The van der Waals surface area contributed by atoms with Gasteiger partial charge in [0, 0.05) is 31.2 Å². The van der Waals surface area contributed by atoms with Crippen molar-refractivity contribution in [2.45, 2.75) is 58.0 Å². The van der Waals surface area contributed by atoms with Crippen LogP contribution in [0.2, 0.25) is 0 Å². The van der Waals surface area contributed by atoms with Crippen LogP contribution in [-0.4, -0.2) is 41.9 Å². The van der Waals surface area contributed by atoms with E-state index >= 15 is 0 Å². The lowest BCUT2D eigenvalue weighted by Crippen LogP contribution is -2.34. The van der Waals surface area contributed by atoms with Gasteiger partial charge in [-0.15, -0.1) is 0 Å². The summed E-state index contributed by atoms with van der Waals surface area (Å²) in [4.78, 5) is 16.8. The predicted octanol–water partition coefficient (Wildman–Crippen LogP) is 3.93. The quantitative estimate of drug-likeness (QED) is 0.840. The third kappa shape index (κ3) is 4.14. The molecule has 1 aromatic rings. The molecule has 0 bridgehead atoms. The highest BCUT2D eigenvalue weighted by Crippen LogP contribution is 2.27. The summed E-state index contributed by atoms with van der Waals surface area (Å²) in [5, 5.41) is 0. The second-order valence-corrected chi connectivity index (χ2v) is 7.53. The van der Waals surface area contributed by atoms with Crippen LogP contribution in [0.15, 0.2) is 24.3 Å². The molecule has 1 amide bonds. The maximum absolute atomic E-state index is 12.4. The van der Waals surface area contributed by atoms with Gasteiger partial charge in [-0.3, -0.25) is 9.69 Å². The van der Waals surface area contributed by atoms with Crippen LogP contribution in [0.3, 0.4) is 0 Å². The van der Waals surface area contributed by atoms with Crippen LogP contribution in [0.4, 0.5) is 0 Å². The Bertz CT molecular complexity index is 511. The molecule has 126 valence electrons. The number of amides is 1. The van der Waals surface area contributed by atoms with E-state index in [9.17, 15) is 4.79 Å². The summed E-state index contributed by atoms with van der Waals surface area (Å²) in [6.07, 6.45) is 7.66. The Labute approximate surface area is 140 Å². The normalized spacial score (nSPS) is 25.1. The van der Waals surface area contributed by atoms with Crippen LogP contribution in [0.5, 0.6) is 0 Å². The van der Waals surface area contributed by atoms with E-state index in [-0.39, 0.29) is 5.91 Å². The molecule has 2 aliphatic rings. The third-order valence-corrected chi connectivity index (χ3v) is 5.63. The Balaban J connectivity index is 1.55. The highest BCUT2D eigenvalue weighted by Gasteiger charge is 2.22. The molecule has 1 aliphatic heterocycles. The number of nitrogens with zero attached hydrogens (tertiary/aromatic N) is 2. The lowest BCUT2D eigenvalue weighted by atomic mass is 9.86. The molecule has 0 aromatic heterocycles. The first-order valence-electron chi connectivity index (χ1n) is 9.22. The fourth-order valence-electron chi connectivity index (χ4n) is 3.96. The third-order valence-electron chi connectivity index (χ3n) is 5.63. The first-order chi connectivity index (χ1) is 11.1. The van der Waals surface area contributed by atoms with Gasteiger partial charge in [-0.05, 0) is 69.2 Å². The van der Waals surface area contributed by atoms with Gasteiger partial charge in [0.05, 0.1) is 0 Å². The zero-order chi connectivity index (χ0) is 16.2. The molecule has 3 rings (SSSR count). The first-order valence-corrected chi connectivity index (χ1v) is 9.22. The van der Waals surface area contributed by atoms with Gasteiger partial charge in [-0.1, -0.05) is 19.1 Å². The van der Waals surface area contributed by atoms with E-state index in [1.807, 2.05) is 17.0 Å². The van der Waals surface area contributed by atoms with E-state index < -0.39 is 0 Å². The van der Waals surface area contributed by atoms with E-state index in [1.165, 1.54) is 31.2 Å². The Morgan fingerprint density at radius 3 is 2.30 bits per heavy atom. The summed E-state index contributed by atoms with van der Waals surface area (Å²) in [6.45, 7) is 5.19. The van der Waals surface area contributed by atoms with Crippen molar-refractivity contribution in [3.63, 3.8) is 0 Å². The smallest absolute Gasteiger partial charge is 0.253 e. The van der Waals surface area contributed by atoms with Gasteiger partial charge in [0.25, 0.3) is 5.91 Å². The van der Waals surface area contributed by atoms with Crippen molar-refractivity contribution in [3.05, 3.63) is 35.4 Å². The van der Waals surface area contributed by atoms with Crippen molar-refractivity contribution in [3.8, 4) is 0 Å². The van der Waals surface area contributed by atoms with Gasteiger partial charge < -0.3 is 4.90 Å². The molecular formula is C20H30N2O. The summed E-state index contributed by atoms with van der Waals surface area (Å²) in [5.74, 6) is 1.10. The zero-order valence-corrected chi connectivity index (χ0v) is 14.6. The van der Waals surface area contributed by atoms with Crippen LogP contribution in [0.1, 0.15) is 61.4 Å². The molecule has 1 aliphatic carbocycles. The van der Waals surface area contributed by atoms with E-state index in [1.54, 1.807) is 0 Å². The number of likely N-dealkylation sites (tertiary alicyclic amines) is 1. The topological polar surface area (TPSA) is 23.6 Å². The molecule has 0 N–H and O–H groups in total. The van der Waals surface area contributed by atoms with E-state index in [4.69, 9.17) is 0 Å². The molecule has 3 heteroatoms. The van der Waals surface area contributed by atoms with Crippen molar-refractivity contribution in [1.82, 2.24) is 9.80 Å². The number of hydrogen-bond donors (Lipinski definition) is 0. The van der Waals surface area contributed by atoms with Crippen molar-refractivity contribution in [2.75, 3.05) is 20.1 Å². The molecule has 0 unspecified atom stereocenters. The van der Waals surface area contributed by atoms with Crippen LogP contribution in [0.25, 0.3) is 0 Å². The molecule has 3 nitrogen and oxygen atoms in total. The van der Waals surface area contributed by atoms with Gasteiger partial charge in [-0.2, -0.15) is 0 Å². The average molecular weight is 314 g/mol. The van der Waals surface area contributed by atoms with Crippen LogP contribution in [-0.2, 0) is 6.54 Å². The monoisotopic (exact) mass is 314 g/mol. The average Bonchev–Trinajstić information content (AvgIpc) is 3.10. The van der Waals surface area contributed by atoms with Gasteiger partial charge in [0.15, 0.2) is 0 Å². The van der Waals surface area contributed by atoms with Gasteiger partial charge in [-0.25, -0.2) is 0 Å². The highest BCUT2D eigenvalue weighted by atomic mass is 16.2. The van der Waals surface area contributed by atoms with Crippen molar-refractivity contribution >= 4 is 5.91 Å². The minimum atomic E-state index is 0.198. The SMILES string of the molecule is CC1CCC(N(C)Cc2ccc(C(=O)N3CCCC3)cc2)CC1. The standard InChI is InChI=1S/C20H30N2O/c1-16-5-11-19(12-6-16)21(2)15-17-7-9-18(10-8-17)20(23)22-13-3-4-14-22/h7-10,16,19H,3-6,11-15H2,1-2H3. The molecule has 0 radical (unpaired) electrons. The van der Waals surface area contributed by atoms with E-state index in [0.29, 0.717) is 0 Å². The number of carbonyl (C=O) groups is 1. The summed E-state index contributed by atoms with van der Waals surface area (Å²) in [6, 6.07) is 8.99. The van der Waals surface area contributed by atoms with Gasteiger partial charge in [0.1, 0.15) is 0 Å². The summed E-state index contributed by atoms with van der Waals surface area (Å²) < 4.78 is 0. The van der Waals surface area contributed by atoms with Crippen LogP contribution in [0, 0.1) is 5.92 Å². The minimum absolute atomic E-state index is 0.198. The van der Waals surface area contributed by atoms with Crippen LogP contribution >= 0.6 is 0 Å². The summed E-state index contributed by atoms with van der Waals surface area (Å²) in [5.41, 5.74) is 2.15. The maximum Gasteiger partial charge on any atom is 0.253 e. The zero-order valence-electron chi connectivity index (χ0n) is 14.6. The molecule has 0 atom stereocenters. The van der Waals surface area contributed by atoms with E-state index in [2.05, 4.69) is 31.0 Å². The Kier molecular flexibility index (Phi) is 5.37. The fourth-order valence-corrected chi connectivity index (χ4v) is 3.96. The van der Waals surface area contributed by atoms with Gasteiger partial charge in [0.2, 0.25) is 0 Å². The highest BCUT2D eigenvalue weighted by molar-refractivity contribution is 5.94. The van der Waals surface area contributed by atoms with Crippen molar-refractivity contribution in [2.24, 2.45) is 5.92 Å².